The molecule has 0 aliphatic heterocycles. The molecule has 0 fully saturated rings. The number of ether oxygens (including phenoxy) is 1. The van der Waals surface area contributed by atoms with Crippen molar-refractivity contribution in [3.05, 3.63) is 29.8 Å². The molecule has 0 unspecified atom stereocenters. The van der Waals surface area contributed by atoms with Gasteiger partial charge >= 0.3 is 5.97 Å². The highest BCUT2D eigenvalue weighted by molar-refractivity contribution is 5.91. The number of para-hydroxylation sites is 1. The minimum absolute atomic E-state index is 0.197. The molecule has 12 heavy (non-hydrogen) atoms. The van der Waals surface area contributed by atoms with Crippen LogP contribution in [0.25, 0.3) is 0 Å². The summed E-state index contributed by atoms with van der Waals surface area (Å²) >= 11 is 0. The van der Waals surface area contributed by atoms with Crippen LogP contribution in [-0.4, -0.2) is 18.3 Å². The van der Waals surface area contributed by atoms with E-state index >= 15 is 0 Å². The van der Waals surface area contributed by atoms with E-state index in [0.29, 0.717) is 5.75 Å². The molecule has 0 radical (unpaired) electrons. The van der Waals surface area contributed by atoms with Crippen LogP contribution in [0.1, 0.15) is 10.4 Å². The fourth-order valence-electron chi connectivity index (χ4n) is 0.862. The first kappa shape index (κ1) is 8.55. The molecular formula is C8H8O4. The number of methoxy groups -OCH3 is 1. The maximum atomic E-state index is 10.8. The van der Waals surface area contributed by atoms with E-state index in [-0.39, 0.29) is 5.56 Å². The van der Waals surface area contributed by atoms with Crippen LogP contribution >= 0.6 is 0 Å². The maximum Gasteiger partial charge on any atom is 0.376 e. The number of carbonyl (C=O) groups excluding carboxylic acids is 1. The minimum Gasteiger partial charge on any atom is -0.496 e. The van der Waals surface area contributed by atoms with E-state index in [1.54, 1.807) is 18.2 Å². The van der Waals surface area contributed by atoms with Gasteiger partial charge < -0.3 is 4.74 Å². The molecule has 1 N–H and O–H groups in total. The SMILES string of the molecule is COc1ccccc1C(=O)OO. The molecule has 64 valence electrons. The van der Waals surface area contributed by atoms with Gasteiger partial charge in [-0.2, -0.15) is 5.26 Å². The first-order chi connectivity index (χ1) is 5.79. The van der Waals surface area contributed by atoms with E-state index in [1.165, 1.54) is 13.2 Å². The topological polar surface area (TPSA) is 55.8 Å². The molecule has 0 bridgehead atoms. The molecule has 0 spiro atoms. The highest BCUT2D eigenvalue weighted by atomic mass is 17.1. The summed E-state index contributed by atoms with van der Waals surface area (Å²) in [6.45, 7) is 0. The first-order valence-corrected chi connectivity index (χ1v) is 3.28. The van der Waals surface area contributed by atoms with Crippen molar-refractivity contribution in [2.45, 2.75) is 0 Å². The van der Waals surface area contributed by atoms with Crippen LogP contribution in [0.15, 0.2) is 24.3 Å². The summed E-state index contributed by atoms with van der Waals surface area (Å²) in [4.78, 5) is 14.4. The number of benzene rings is 1. The molecule has 1 aromatic rings. The molecule has 0 aliphatic carbocycles. The van der Waals surface area contributed by atoms with E-state index in [2.05, 4.69) is 4.89 Å². The highest BCUT2D eigenvalue weighted by Gasteiger charge is 2.11. The summed E-state index contributed by atoms with van der Waals surface area (Å²) in [5.41, 5.74) is 0.197. The molecule has 0 aliphatic rings. The summed E-state index contributed by atoms with van der Waals surface area (Å²) in [7, 11) is 1.43. The third-order valence-electron chi connectivity index (χ3n) is 1.41. The van der Waals surface area contributed by atoms with Gasteiger partial charge in [0, 0.05) is 0 Å². The van der Waals surface area contributed by atoms with Gasteiger partial charge in [-0.3, -0.25) is 4.89 Å². The fourth-order valence-corrected chi connectivity index (χ4v) is 0.862. The second kappa shape index (κ2) is 3.73. The predicted molar refractivity (Wildman–Crippen MR) is 41.0 cm³/mol. The van der Waals surface area contributed by atoms with Crippen molar-refractivity contribution in [1.82, 2.24) is 0 Å². The Labute approximate surface area is 69.3 Å². The summed E-state index contributed by atoms with van der Waals surface area (Å²) < 4.78 is 4.86. The summed E-state index contributed by atoms with van der Waals surface area (Å²) in [6, 6.07) is 6.46. The molecule has 0 saturated heterocycles. The van der Waals surface area contributed by atoms with Crippen LogP contribution in [0.2, 0.25) is 0 Å². The van der Waals surface area contributed by atoms with Crippen LogP contribution in [0.4, 0.5) is 0 Å². The van der Waals surface area contributed by atoms with E-state index < -0.39 is 5.97 Å². The van der Waals surface area contributed by atoms with Gasteiger partial charge in [0.25, 0.3) is 0 Å². The Morgan fingerprint density at radius 1 is 1.42 bits per heavy atom. The molecular weight excluding hydrogens is 160 g/mol. The van der Waals surface area contributed by atoms with E-state index in [4.69, 9.17) is 9.99 Å². The smallest absolute Gasteiger partial charge is 0.376 e. The number of hydrogen-bond acceptors (Lipinski definition) is 4. The Hall–Kier alpha value is -1.55. The number of rotatable bonds is 2. The van der Waals surface area contributed by atoms with Crippen molar-refractivity contribution >= 4 is 5.97 Å². The molecule has 1 aromatic carbocycles. The lowest BCUT2D eigenvalue weighted by Crippen LogP contribution is -2.03. The van der Waals surface area contributed by atoms with E-state index in [9.17, 15) is 4.79 Å². The van der Waals surface area contributed by atoms with Gasteiger partial charge in [-0.15, -0.1) is 0 Å². The highest BCUT2D eigenvalue weighted by Crippen LogP contribution is 2.17. The van der Waals surface area contributed by atoms with Crippen LogP contribution in [0.3, 0.4) is 0 Å². The zero-order valence-corrected chi connectivity index (χ0v) is 6.48. The van der Waals surface area contributed by atoms with Crippen molar-refractivity contribution in [3.8, 4) is 5.75 Å². The molecule has 1 rings (SSSR count). The minimum atomic E-state index is -0.826. The van der Waals surface area contributed by atoms with Crippen molar-refractivity contribution < 1.29 is 19.7 Å². The Bertz CT molecular complexity index is 282. The second-order valence-electron chi connectivity index (χ2n) is 2.08. The molecule has 4 nitrogen and oxygen atoms in total. The molecule has 0 saturated carbocycles. The largest absolute Gasteiger partial charge is 0.496 e. The lowest BCUT2D eigenvalue weighted by molar-refractivity contribution is -0.182. The van der Waals surface area contributed by atoms with Crippen molar-refractivity contribution in [2.75, 3.05) is 7.11 Å². The standard InChI is InChI=1S/C8H8O4/c1-11-7-5-3-2-4-6(7)8(9)12-10/h2-5,10H,1H3. The quantitative estimate of drug-likeness (QED) is 0.534. The van der Waals surface area contributed by atoms with Gasteiger partial charge in [0.15, 0.2) is 0 Å². The van der Waals surface area contributed by atoms with Gasteiger partial charge in [0.05, 0.1) is 7.11 Å². The zero-order valence-electron chi connectivity index (χ0n) is 6.48. The lowest BCUT2D eigenvalue weighted by Gasteiger charge is -2.03. The summed E-state index contributed by atoms with van der Waals surface area (Å²) in [5, 5.41) is 8.10. The van der Waals surface area contributed by atoms with Gasteiger partial charge in [-0.05, 0) is 12.1 Å². The molecule has 4 heteroatoms. The van der Waals surface area contributed by atoms with Gasteiger partial charge in [0.1, 0.15) is 11.3 Å². The molecule has 0 heterocycles. The monoisotopic (exact) mass is 168 g/mol. The zero-order chi connectivity index (χ0) is 8.97. The van der Waals surface area contributed by atoms with Gasteiger partial charge in [-0.25, -0.2) is 4.79 Å². The van der Waals surface area contributed by atoms with Gasteiger partial charge in [-0.1, -0.05) is 12.1 Å². The third-order valence-corrected chi connectivity index (χ3v) is 1.41. The van der Waals surface area contributed by atoms with Crippen LogP contribution in [0, 0.1) is 0 Å². The van der Waals surface area contributed by atoms with E-state index in [1.807, 2.05) is 0 Å². The lowest BCUT2D eigenvalue weighted by atomic mass is 10.2. The van der Waals surface area contributed by atoms with Crippen molar-refractivity contribution in [1.29, 1.82) is 0 Å². The predicted octanol–water partition coefficient (Wildman–Crippen LogP) is 1.32. The first-order valence-electron chi connectivity index (χ1n) is 3.28. The third kappa shape index (κ3) is 1.54. The van der Waals surface area contributed by atoms with Crippen LogP contribution in [0.5, 0.6) is 5.75 Å². The number of hydrogen-bond donors (Lipinski definition) is 1. The second-order valence-corrected chi connectivity index (χ2v) is 2.08. The number of carbonyl (C=O) groups is 1. The Kier molecular flexibility index (Phi) is 2.66. The van der Waals surface area contributed by atoms with Crippen molar-refractivity contribution in [2.24, 2.45) is 0 Å². The normalized spacial score (nSPS) is 9.17. The fraction of sp³-hybridized carbons (Fsp3) is 0.125. The average Bonchev–Trinajstić information content (AvgIpc) is 2.16. The average molecular weight is 168 g/mol. The van der Waals surface area contributed by atoms with Gasteiger partial charge in [0.2, 0.25) is 0 Å². The van der Waals surface area contributed by atoms with Crippen LogP contribution < -0.4 is 4.74 Å². The Morgan fingerprint density at radius 3 is 2.67 bits per heavy atom. The van der Waals surface area contributed by atoms with Crippen LogP contribution in [-0.2, 0) is 4.89 Å². The molecule has 0 amide bonds. The Morgan fingerprint density at radius 2 is 2.08 bits per heavy atom. The van der Waals surface area contributed by atoms with E-state index in [0.717, 1.165) is 0 Å². The Balaban J connectivity index is 3.04. The van der Waals surface area contributed by atoms with Crippen molar-refractivity contribution in [3.63, 3.8) is 0 Å². The summed E-state index contributed by atoms with van der Waals surface area (Å²) in [5.74, 6) is -0.455. The molecule has 0 atom stereocenters. The maximum absolute atomic E-state index is 10.8. The summed E-state index contributed by atoms with van der Waals surface area (Å²) in [6.07, 6.45) is 0. The molecule has 0 aromatic heterocycles.